The van der Waals surface area contributed by atoms with Crippen molar-refractivity contribution in [3.05, 3.63) is 53.1 Å². The van der Waals surface area contributed by atoms with Crippen LogP contribution in [0, 0.1) is 13.8 Å². The molecule has 0 aliphatic carbocycles. The number of fused-ring (bicyclic) bond motifs is 1. The minimum atomic E-state index is -0.118. The van der Waals surface area contributed by atoms with Gasteiger partial charge in [0.2, 0.25) is 0 Å². The monoisotopic (exact) mass is 328 g/mol. The van der Waals surface area contributed by atoms with Crippen molar-refractivity contribution in [1.29, 1.82) is 0 Å². The predicted molar refractivity (Wildman–Crippen MR) is 95.3 cm³/mol. The van der Waals surface area contributed by atoms with Crippen molar-refractivity contribution >= 4 is 44.4 Å². The smallest absolute Gasteiger partial charge is 0.257 e. The second-order valence-electron chi connectivity index (χ2n) is 5.08. The van der Waals surface area contributed by atoms with Crippen LogP contribution in [-0.4, -0.2) is 17.1 Å². The number of aryl methyl sites for hydroxylation is 2. The molecular weight excluding hydrogens is 312 g/mol. The third-order valence-corrected chi connectivity index (χ3v) is 5.30. The quantitative estimate of drug-likeness (QED) is 0.696. The Morgan fingerprint density at radius 3 is 2.73 bits per heavy atom. The number of benzene rings is 2. The van der Waals surface area contributed by atoms with Crippen molar-refractivity contribution in [2.45, 2.75) is 18.7 Å². The highest BCUT2D eigenvalue weighted by Gasteiger charge is 2.12. The number of nitrogens with zero attached hydrogens (tertiary/aromatic N) is 1. The van der Waals surface area contributed by atoms with Gasteiger partial charge in [-0.15, -0.1) is 11.8 Å². The SMILES string of the molecule is CSc1cccc2sc(NC(=O)c3ccc(C)c(C)c3)nc12. The molecule has 0 aliphatic rings. The van der Waals surface area contributed by atoms with E-state index in [0.29, 0.717) is 10.7 Å². The van der Waals surface area contributed by atoms with E-state index in [9.17, 15) is 4.79 Å². The molecule has 0 saturated carbocycles. The fourth-order valence-corrected chi connectivity index (χ4v) is 3.71. The molecule has 1 heterocycles. The van der Waals surface area contributed by atoms with Gasteiger partial charge < -0.3 is 0 Å². The highest BCUT2D eigenvalue weighted by atomic mass is 32.2. The number of rotatable bonds is 3. The van der Waals surface area contributed by atoms with E-state index in [-0.39, 0.29) is 5.91 Å². The van der Waals surface area contributed by atoms with Crippen LogP contribution in [0.4, 0.5) is 5.13 Å². The molecule has 0 unspecified atom stereocenters. The average Bonchev–Trinajstić information content (AvgIpc) is 2.92. The maximum Gasteiger partial charge on any atom is 0.257 e. The lowest BCUT2D eigenvalue weighted by Gasteiger charge is -2.04. The van der Waals surface area contributed by atoms with Crippen molar-refractivity contribution in [3.8, 4) is 0 Å². The Bertz CT molecular complexity index is 855. The molecule has 112 valence electrons. The Balaban J connectivity index is 1.89. The number of thioether (sulfide) groups is 1. The van der Waals surface area contributed by atoms with E-state index in [1.165, 1.54) is 16.9 Å². The first-order chi connectivity index (χ1) is 10.6. The molecule has 1 amide bonds. The van der Waals surface area contributed by atoms with Gasteiger partial charge in [-0.25, -0.2) is 4.98 Å². The van der Waals surface area contributed by atoms with Gasteiger partial charge in [0.05, 0.1) is 10.2 Å². The summed E-state index contributed by atoms with van der Waals surface area (Å²) in [6, 6.07) is 11.8. The zero-order chi connectivity index (χ0) is 15.7. The number of para-hydroxylation sites is 1. The van der Waals surface area contributed by atoms with Crippen LogP contribution in [-0.2, 0) is 0 Å². The Kier molecular flexibility index (Phi) is 4.18. The van der Waals surface area contributed by atoms with Gasteiger partial charge in [-0.2, -0.15) is 0 Å². The van der Waals surface area contributed by atoms with Gasteiger partial charge in [0.1, 0.15) is 0 Å². The van der Waals surface area contributed by atoms with E-state index < -0.39 is 0 Å². The van der Waals surface area contributed by atoms with Crippen molar-refractivity contribution in [3.63, 3.8) is 0 Å². The highest BCUT2D eigenvalue weighted by Crippen LogP contribution is 2.32. The molecule has 0 aliphatic heterocycles. The Labute approximate surface area is 137 Å². The topological polar surface area (TPSA) is 42.0 Å². The lowest BCUT2D eigenvalue weighted by Crippen LogP contribution is -2.11. The van der Waals surface area contributed by atoms with Crippen LogP contribution in [0.3, 0.4) is 0 Å². The molecule has 5 heteroatoms. The molecule has 0 bridgehead atoms. The number of aromatic nitrogens is 1. The molecule has 3 rings (SSSR count). The molecule has 1 aromatic heterocycles. The summed E-state index contributed by atoms with van der Waals surface area (Å²) in [5.74, 6) is -0.118. The summed E-state index contributed by atoms with van der Waals surface area (Å²) >= 11 is 3.16. The lowest BCUT2D eigenvalue weighted by atomic mass is 10.1. The second-order valence-corrected chi connectivity index (χ2v) is 6.96. The normalized spacial score (nSPS) is 10.9. The van der Waals surface area contributed by atoms with Crippen LogP contribution in [0.1, 0.15) is 21.5 Å². The number of hydrogen-bond acceptors (Lipinski definition) is 4. The van der Waals surface area contributed by atoms with Crippen LogP contribution in [0.2, 0.25) is 0 Å². The van der Waals surface area contributed by atoms with Crippen molar-refractivity contribution in [2.24, 2.45) is 0 Å². The van der Waals surface area contributed by atoms with E-state index >= 15 is 0 Å². The third kappa shape index (κ3) is 2.87. The summed E-state index contributed by atoms with van der Waals surface area (Å²) in [6.07, 6.45) is 2.03. The fraction of sp³-hybridized carbons (Fsp3) is 0.176. The number of carbonyl (C=O) groups is 1. The van der Waals surface area contributed by atoms with Crippen LogP contribution in [0.5, 0.6) is 0 Å². The minimum Gasteiger partial charge on any atom is -0.298 e. The molecule has 1 N–H and O–H groups in total. The number of carbonyl (C=O) groups excluding carboxylic acids is 1. The summed E-state index contributed by atoms with van der Waals surface area (Å²) in [5.41, 5.74) is 3.91. The van der Waals surface area contributed by atoms with Gasteiger partial charge in [-0.3, -0.25) is 10.1 Å². The first-order valence-electron chi connectivity index (χ1n) is 6.90. The van der Waals surface area contributed by atoms with Crippen LogP contribution >= 0.6 is 23.1 Å². The van der Waals surface area contributed by atoms with E-state index in [4.69, 9.17) is 0 Å². The van der Waals surface area contributed by atoms with Gasteiger partial charge in [0, 0.05) is 10.5 Å². The van der Waals surface area contributed by atoms with Crippen molar-refractivity contribution in [2.75, 3.05) is 11.6 Å². The molecule has 22 heavy (non-hydrogen) atoms. The van der Waals surface area contributed by atoms with Crippen LogP contribution in [0.25, 0.3) is 10.2 Å². The van der Waals surface area contributed by atoms with Gasteiger partial charge in [0.25, 0.3) is 5.91 Å². The molecule has 0 spiro atoms. The zero-order valence-electron chi connectivity index (χ0n) is 12.6. The van der Waals surface area contributed by atoms with Gasteiger partial charge in [0.15, 0.2) is 5.13 Å². The number of amides is 1. The van der Waals surface area contributed by atoms with Crippen molar-refractivity contribution < 1.29 is 4.79 Å². The first kappa shape index (κ1) is 15.1. The Morgan fingerprint density at radius 1 is 1.18 bits per heavy atom. The molecule has 0 fully saturated rings. The summed E-state index contributed by atoms with van der Waals surface area (Å²) in [6.45, 7) is 4.04. The number of thiazole rings is 1. The highest BCUT2D eigenvalue weighted by molar-refractivity contribution is 7.98. The summed E-state index contributed by atoms with van der Waals surface area (Å²) in [5, 5.41) is 3.54. The van der Waals surface area contributed by atoms with E-state index in [1.807, 2.05) is 56.5 Å². The first-order valence-corrected chi connectivity index (χ1v) is 8.95. The minimum absolute atomic E-state index is 0.118. The van der Waals surface area contributed by atoms with E-state index in [2.05, 4.69) is 10.3 Å². The summed E-state index contributed by atoms with van der Waals surface area (Å²) < 4.78 is 1.09. The lowest BCUT2D eigenvalue weighted by molar-refractivity contribution is 0.102. The average molecular weight is 328 g/mol. The van der Waals surface area contributed by atoms with Gasteiger partial charge >= 0.3 is 0 Å². The van der Waals surface area contributed by atoms with Crippen LogP contribution < -0.4 is 5.32 Å². The molecular formula is C17H16N2OS2. The molecule has 3 aromatic rings. The van der Waals surface area contributed by atoms with Gasteiger partial charge in [-0.1, -0.05) is 23.5 Å². The maximum atomic E-state index is 12.4. The van der Waals surface area contributed by atoms with Crippen molar-refractivity contribution in [1.82, 2.24) is 4.98 Å². The second kappa shape index (κ2) is 6.10. The molecule has 0 atom stereocenters. The summed E-state index contributed by atoms with van der Waals surface area (Å²) in [4.78, 5) is 18.0. The molecule has 2 aromatic carbocycles. The molecule has 3 nitrogen and oxygen atoms in total. The Morgan fingerprint density at radius 2 is 2.00 bits per heavy atom. The summed E-state index contributed by atoms with van der Waals surface area (Å²) in [7, 11) is 0. The van der Waals surface area contributed by atoms with Crippen LogP contribution in [0.15, 0.2) is 41.3 Å². The standard InChI is InChI=1S/C17H16N2OS2/c1-10-7-8-12(9-11(10)2)16(20)19-17-18-15-13(21-3)5-4-6-14(15)22-17/h4-9H,1-3H3,(H,18,19,20). The number of anilines is 1. The Hall–Kier alpha value is -1.85. The van der Waals surface area contributed by atoms with Gasteiger partial charge in [-0.05, 0) is 55.5 Å². The number of hydrogen-bond donors (Lipinski definition) is 1. The zero-order valence-corrected chi connectivity index (χ0v) is 14.3. The molecule has 0 radical (unpaired) electrons. The van der Waals surface area contributed by atoms with E-state index in [0.717, 1.165) is 20.7 Å². The number of nitrogens with one attached hydrogen (secondary N) is 1. The third-order valence-electron chi connectivity index (χ3n) is 3.59. The predicted octanol–water partition coefficient (Wildman–Crippen LogP) is 4.89. The molecule has 0 saturated heterocycles. The fourth-order valence-electron chi connectivity index (χ4n) is 2.19. The largest absolute Gasteiger partial charge is 0.298 e. The maximum absolute atomic E-state index is 12.4. The van der Waals surface area contributed by atoms with E-state index in [1.54, 1.807) is 11.8 Å².